The molecule has 0 saturated heterocycles. The van der Waals surface area contributed by atoms with Gasteiger partial charge in [0.15, 0.2) is 16.3 Å². The lowest BCUT2D eigenvalue weighted by Gasteiger charge is -2.11. The minimum Gasteiger partial charge on any atom is -0.313 e. The first-order chi connectivity index (χ1) is 12.5. The van der Waals surface area contributed by atoms with E-state index < -0.39 is 5.69 Å². The van der Waals surface area contributed by atoms with Crippen LogP contribution in [-0.4, -0.2) is 24.4 Å². The van der Waals surface area contributed by atoms with Gasteiger partial charge in [-0.3, -0.25) is 14.3 Å². The predicted molar refractivity (Wildman–Crippen MR) is 109 cm³/mol. The molecule has 0 aromatic carbocycles. The van der Waals surface area contributed by atoms with Crippen molar-refractivity contribution in [1.29, 1.82) is 0 Å². The van der Waals surface area contributed by atoms with Crippen LogP contribution in [0.25, 0.3) is 11.2 Å². The van der Waals surface area contributed by atoms with Crippen molar-refractivity contribution >= 4 is 22.9 Å². The highest BCUT2D eigenvalue weighted by Crippen LogP contribution is 2.27. The van der Waals surface area contributed by atoms with E-state index in [4.69, 9.17) is 0 Å². The number of aryl methyl sites for hydroxylation is 2. The van der Waals surface area contributed by atoms with Crippen LogP contribution in [-0.2, 0) is 13.6 Å². The molecule has 0 aliphatic rings. The lowest BCUT2D eigenvalue weighted by Crippen LogP contribution is -2.29. The highest BCUT2D eigenvalue weighted by Gasteiger charge is 2.18. The number of aromatic amines is 1. The Hall–Kier alpha value is -1.50. The standard InChI is InChI=1S/C19H32N4O2S/c1-5-7-8-9-10-11-12-13-23-15-16(20-19(23)26-14(3)6-2)22(4)18(25)21-17(15)24/h14H,5-13H2,1-4H3,(H,21,24,25)/t14-/m0/s1. The second-order valence-electron chi connectivity index (χ2n) is 6.99. The lowest BCUT2D eigenvalue weighted by atomic mass is 10.1. The molecule has 2 heterocycles. The highest BCUT2D eigenvalue weighted by molar-refractivity contribution is 7.99. The minimum absolute atomic E-state index is 0.338. The third-order valence-electron chi connectivity index (χ3n) is 4.84. The van der Waals surface area contributed by atoms with Crippen molar-refractivity contribution in [3.8, 4) is 0 Å². The summed E-state index contributed by atoms with van der Waals surface area (Å²) in [5, 5.41) is 1.25. The summed E-state index contributed by atoms with van der Waals surface area (Å²) in [5.74, 6) is 0. The summed E-state index contributed by atoms with van der Waals surface area (Å²) in [4.78, 5) is 31.3. The number of aromatic nitrogens is 4. The number of rotatable bonds is 11. The number of nitrogens with one attached hydrogen (secondary N) is 1. The molecule has 0 fully saturated rings. The third-order valence-corrected chi connectivity index (χ3v) is 6.10. The third kappa shape index (κ3) is 5.02. The summed E-state index contributed by atoms with van der Waals surface area (Å²) in [6.07, 6.45) is 9.60. The Labute approximate surface area is 159 Å². The van der Waals surface area contributed by atoms with Crippen LogP contribution in [0.1, 0.15) is 72.1 Å². The van der Waals surface area contributed by atoms with Crippen LogP contribution in [0.15, 0.2) is 14.7 Å². The molecule has 0 unspecified atom stereocenters. The van der Waals surface area contributed by atoms with E-state index in [1.54, 1.807) is 18.8 Å². The molecule has 2 aromatic rings. The topological polar surface area (TPSA) is 72.7 Å². The number of H-pyrrole nitrogens is 1. The second kappa shape index (κ2) is 10.00. The minimum atomic E-state index is -0.414. The maximum atomic E-state index is 12.4. The fraction of sp³-hybridized carbons (Fsp3) is 0.737. The quantitative estimate of drug-likeness (QED) is 0.471. The van der Waals surface area contributed by atoms with E-state index in [9.17, 15) is 9.59 Å². The Bertz CT molecular complexity index is 821. The van der Waals surface area contributed by atoms with Crippen molar-refractivity contribution in [3.63, 3.8) is 0 Å². The van der Waals surface area contributed by atoms with Crippen molar-refractivity contribution in [2.24, 2.45) is 7.05 Å². The van der Waals surface area contributed by atoms with Gasteiger partial charge in [0.1, 0.15) is 0 Å². The largest absolute Gasteiger partial charge is 0.329 e. The summed E-state index contributed by atoms with van der Waals surface area (Å²) < 4.78 is 3.44. The average molecular weight is 381 g/mol. The molecule has 0 radical (unpaired) electrons. The van der Waals surface area contributed by atoms with Crippen LogP contribution in [0, 0.1) is 0 Å². The molecule has 7 heteroatoms. The normalized spacial score (nSPS) is 12.8. The van der Waals surface area contributed by atoms with Gasteiger partial charge in [0.25, 0.3) is 5.56 Å². The van der Waals surface area contributed by atoms with Gasteiger partial charge in [0.2, 0.25) is 0 Å². The number of nitrogens with zero attached hydrogens (tertiary/aromatic N) is 3. The van der Waals surface area contributed by atoms with Gasteiger partial charge in [0, 0.05) is 18.8 Å². The number of thioether (sulfide) groups is 1. The molecule has 6 nitrogen and oxygen atoms in total. The first-order valence-electron chi connectivity index (χ1n) is 9.85. The monoisotopic (exact) mass is 380 g/mol. The molecule has 0 saturated carbocycles. The van der Waals surface area contributed by atoms with E-state index in [0.29, 0.717) is 16.4 Å². The molecule has 1 N–H and O–H groups in total. The molecule has 0 bridgehead atoms. The van der Waals surface area contributed by atoms with E-state index in [1.807, 2.05) is 4.57 Å². The summed E-state index contributed by atoms with van der Waals surface area (Å²) in [7, 11) is 1.66. The van der Waals surface area contributed by atoms with Crippen molar-refractivity contribution in [2.75, 3.05) is 0 Å². The van der Waals surface area contributed by atoms with Gasteiger partial charge >= 0.3 is 5.69 Å². The lowest BCUT2D eigenvalue weighted by molar-refractivity contribution is 0.537. The molecule has 0 aliphatic heterocycles. The van der Waals surface area contributed by atoms with Crippen LogP contribution in [0.4, 0.5) is 0 Å². The van der Waals surface area contributed by atoms with Gasteiger partial charge in [-0.15, -0.1) is 0 Å². The van der Waals surface area contributed by atoms with E-state index in [0.717, 1.165) is 31.0 Å². The number of imidazole rings is 1. The SMILES string of the molecule is CCCCCCCCCn1c(S[C@@H](C)CC)nc2c1c(=O)[nH]c(=O)n2C. The van der Waals surface area contributed by atoms with E-state index in [1.165, 1.54) is 36.7 Å². The molecule has 0 spiro atoms. The second-order valence-corrected chi connectivity index (χ2v) is 8.40. The first kappa shape index (κ1) is 20.8. The number of fused-ring (bicyclic) bond motifs is 1. The Morgan fingerprint density at radius 3 is 2.38 bits per heavy atom. The van der Waals surface area contributed by atoms with Crippen LogP contribution in [0.3, 0.4) is 0 Å². The molecule has 0 aliphatic carbocycles. The number of unbranched alkanes of at least 4 members (excludes halogenated alkanes) is 6. The summed E-state index contributed by atoms with van der Waals surface area (Å²) in [5.41, 5.74) is 0.245. The highest BCUT2D eigenvalue weighted by atomic mass is 32.2. The molecule has 1 atom stereocenters. The van der Waals surface area contributed by atoms with E-state index in [-0.39, 0.29) is 5.56 Å². The summed E-state index contributed by atoms with van der Waals surface area (Å²) >= 11 is 1.68. The molecular weight excluding hydrogens is 348 g/mol. The van der Waals surface area contributed by atoms with E-state index in [2.05, 4.69) is 30.7 Å². The number of hydrogen-bond donors (Lipinski definition) is 1. The Morgan fingerprint density at radius 1 is 1.08 bits per heavy atom. The zero-order chi connectivity index (χ0) is 19.1. The Balaban J connectivity index is 2.21. The molecule has 26 heavy (non-hydrogen) atoms. The first-order valence-corrected chi connectivity index (χ1v) is 10.7. The predicted octanol–water partition coefficient (Wildman–Crippen LogP) is 4.06. The molecule has 146 valence electrons. The van der Waals surface area contributed by atoms with Gasteiger partial charge < -0.3 is 4.57 Å². The fourth-order valence-electron chi connectivity index (χ4n) is 3.00. The Morgan fingerprint density at radius 2 is 1.73 bits per heavy atom. The maximum Gasteiger partial charge on any atom is 0.329 e. The molecular formula is C19H32N4O2S. The maximum absolute atomic E-state index is 12.4. The van der Waals surface area contributed by atoms with Crippen LogP contribution < -0.4 is 11.2 Å². The Kier molecular flexibility index (Phi) is 8.00. The molecule has 2 rings (SSSR count). The summed E-state index contributed by atoms with van der Waals surface area (Å²) in [6, 6.07) is 0. The summed E-state index contributed by atoms with van der Waals surface area (Å²) in [6.45, 7) is 7.30. The van der Waals surface area contributed by atoms with Crippen LogP contribution >= 0.6 is 11.8 Å². The fourth-order valence-corrected chi connectivity index (χ4v) is 3.98. The number of hydrogen-bond acceptors (Lipinski definition) is 4. The van der Waals surface area contributed by atoms with Crippen molar-refractivity contribution in [1.82, 2.24) is 19.1 Å². The zero-order valence-corrected chi connectivity index (χ0v) is 17.3. The van der Waals surface area contributed by atoms with Gasteiger partial charge in [-0.25, -0.2) is 9.78 Å². The van der Waals surface area contributed by atoms with Gasteiger partial charge in [0.05, 0.1) is 0 Å². The molecule has 2 aromatic heterocycles. The van der Waals surface area contributed by atoms with Crippen molar-refractivity contribution in [2.45, 2.75) is 89.1 Å². The van der Waals surface area contributed by atoms with E-state index >= 15 is 0 Å². The smallest absolute Gasteiger partial charge is 0.313 e. The van der Waals surface area contributed by atoms with Gasteiger partial charge in [-0.2, -0.15) is 0 Å². The average Bonchev–Trinajstić information content (AvgIpc) is 2.97. The van der Waals surface area contributed by atoms with Gasteiger partial charge in [-0.1, -0.05) is 71.1 Å². The van der Waals surface area contributed by atoms with Crippen molar-refractivity contribution in [3.05, 3.63) is 20.8 Å². The zero-order valence-electron chi connectivity index (χ0n) is 16.5. The van der Waals surface area contributed by atoms with Crippen LogP contribution in [0.5, 0.6) is 0 Å². The van der Waals surface area contributed by atoms with Gasteiger partial charge in [-0.05, 0) is 12.8 Å². The van der Waals surface area contributed by atoms with Crippen LogP contribution in [0.2, 0.25) is 0 Å². The van der Waals surface area contributed by atoms with Crippen molar-refractivity contribution < 1.29 is 0 Å². The molecule has 0 amide bonds.